The summed E-state index contributed by atoms with van der Waals surface area (Å²) >= 11 is 0. The molecule has 0 saturated heterocycles. The number of hydrogen-bond acceptors (Lipinski definition) is 3. The molecule has 0 saturated carbocycles. The van der Waals surface area contributed by atoms with Gasteiger partial charge in [0.2, 0.25) is 0 Å². The molecule has 3 heteroatoms. The van der Waals surface area contributed by atoms with Crippen molar-refractivity contribution in [1.82, 2.24) is 9.97 Å². The highest BCUT2D eigenvalue weighted by Crippen LogP contribution is 2.41. The number of para-hydroxylation sites is 2. The van der Waals surface area contributed by atoms with Gasteiger partial charge in [0.05, 0.1) is 22.4 Å². The number of hydrogen-bond donors (Lipinski definition) is 0. The number of aromatic nitrogens is 2. The summed E-state index contributed by atoms with van der Waals surface area (Å²) in [6.45, 7) is 0. The molecule has 0 spiro atoms. The summed E-state index contributed by atoms with van der Waals surface area (Å²) in [5.41, 5.74) is 15.3. The molecular formula is C50H35N3. The maximum absolute atomic E-state index is 5.58. The van der Waals surface area contributed by atoms with E-state index < -0.39 is 0 Å². The van der Waals surface area contributed by atoms with E-state index >= 15 is 0 Å². The van der Waals surface area contributed by atoms with E-state index in [9.17, 15) is 0 Å². The highest BCUT2D eigenvalue weighted by atomic mass is 15.1. The summed E-state index contributed by atoms with van der Waals surface area (Å²) < 4.78 is 0. The molecule has 0 aliphatic heterocycles. The molecule has 0 fully saturated rings. The SMILES string of the molecule is c1ccc(-c2cccc(-c3ccc(-c4ccccc4)c4nc(-c5ccc(N(c6ccccc6)c6ccccc6)cc5)c(-c5ccccc5)nc34)c2)cc1. The molecule has 0 unspecified atom stereocenters. The maximum Gasteiger partial charge on any atom is 0.0979 e. The van der Waals surface area contributed by atoms with E-state index in [-0.39, 0.29) is 0 Å². The Hall–Kier alpha value is -7.10. The summed E-state index contributed by atoms with van der Waals surface area (Å²) in [5, 5.41) is 0. The van der Waals surface area contributed by atoms with Gasteiger partial charge in [-0.1, -0.05) is 170 Å². The van der Waals surface area contributed by atoms with Crippen molar-refractivity contribution in [2.75, 3.05) is 4.90 Å². The third-order valence-electron chi connectivity index (χ3n) is 9.66. The van der Waals surface area contributed by atoms with Crippen LogP contribution in [-0.4, -0.2) is 9.97 Å². The van der Waals surface area contributed by atoms with Gasteiger partial charge in [0.15, 0.2) is 0 Å². The Kier molecular flexibility index (Phi) is 8.57. The predicted octanol–water partition coefficient (Wildman–Crippen LogP) is 13.4. The van der Waals surface area contributed by atoms with Crippen LogP contribution in [0.25, 0.3) is 66.9 Å². The highest BCUT2D eigenvalue weighted by Gasteiger charge is 2.20. The fraction of sp³-hybridized carbons (Fsp3) is 0. The molecule has 53 heavy (non-hydrogen) atoms. The van der Waals surface area contributed by atoms with Crippen LogP contribution in [0.2, 0.25) is 0 Å². The van der Waals surface area contributed by atoms with Crippen LogP contribution in [0.15, 0.2) is 212 Å². The molecule has 0 atom stereocenters. The summed E-state index contributed by atoms with van der Waals surface area (Å²) in [6.07, 6.45) is 0. The van der Waals surface area contributed by atoms with Crippen LogP contribution < -0.4 is 4.90 Å². The quantitative estimate of drug-likeness (QED) is 0.160. The van der Waals surface area contributed by atoms with Crippen LogP contribution in [0.4, 0.5) is 17.1 Å². The Labute approximate surface area is 310 Å². The van der Waals surface area contributed by atoms with Gasteiger partial charge >= 0.3 is 0 Å². The van der Waals surface area contributed by atoms with Crippen LogP contribution in [0, 0.1) is 0 Å². The van der Waals surface area contributed by atoms with Crippen molar-refractivity contribution in [1.29, 1.82) is 0 Å². The molecule has 0 amide bonds. The second-order valence-corrected chi connectivity index (χ2v) is 13.0. The lowest BCUT2D eigenvalue weighted by Crippen LogP contribution is -2.09. The van der Waals surface area contributed by atoms with Crippen molar-refractivity contribution in [3.05, 3.63) is 212 Å². The van der Waals surface area contributed by atoms with E-state index in [1.807, 2.05) is 18.2 Å². The number of fused-ring (bicyclic) bond motifs is 1. The summed E-state index contributed by atoms with van der Waals surface area (Å²) in [7, 11) is 0. The molecule has 9 aromatic rings. The van der Waals surface area contributed by atoms with E-state index in [4.69, 9.17) is 9.97 Å². The van der Waals surface area contributed by atoms with Crippen molar-refractivity contribution >= 4 is 28.1 Å². The molecule has 0 aliphatic rings. The summed E-state index contributed by atoms with van der Waals surface area (Å²) in [5.74, 6) is 0. The first-order valence-corrected chi connectivity index (χ1v) is 17.9. The minimum absolute atomic E-state index is 0.841. The molecule has 1 heterocycles. The average molecular weight is 678 g/mol. The van der Waals surface area contributed by atoms with Gasteiger partial charge in [0.25, 0.3) is 0 Å². The van der Waals surface area contributed by atoms with Crippen LogP contribution in [0.5, 0.6) is 0 Å². The fourth-order valence-electron chi connectivity index (χ4n) is 7.08. The summed E-state index contributed by atoms with van der Waals surface area (Å²) in [6, 6.07) is 74.2. The fourth-order valence-corrected chi connectivity index (χ4v) is 7.08. The number of rotatable bonds is 8. The molecule has 1 aromatic heterocycles. The molecule has 0 aliphatic carbocycles. The first-order chi connectivity index (χ1) is 26.3. The lowest BCUT2D eigenvalue weighted by molar-refractivity contribution is 1.27. The summed E-state index contributed by atoms with van der Waals surface area (Å²) in [4.78, 5) is 13.4. The van der Waals surface area contributed by atoms with Gasteiger partial charge in [-0.3, -0.25) is 0 Å². The molecule has 9 rings (SSSR count). The lowest BCUT2D eigenvalue weighted by Gasteiger charge is -2.25. The zero-order valence-electron chi connectivity index (χ0n) is 29.0. The lowest BCUT2D eigenvalue weighted by atomic mass is 9.94. The largest absolute Gasteiger partial charge is 0.311 e. The Morgan fingerprint density at radius 2 is 0.642 bits per heavy atom. The van der Waals surface area contributed by atoms with Gasteiger partial charge in [-0.25, -0.2) is 9.97 Å². The van der Waals surface area contributed by atoms with Gasteiger partial charge in [-0.05, 0) is 64.7 Å². The number of nitrogens with zero attached hydrogens (tertiary/aromatic N) is 3. The zero-order valence-corrected chi connectivity index (χ0v) is 29.0. The second-order valence-electron chi connectivity index (χ2n) is 13.0. The van der Waals surface area contributed by atoms with E-state index in [0.29, 0.717) is 0 Å². The van der Waals surface area contributed by atoms with Gasteiger partial charge in [0, 0.05) is 39.3 Å². The van der Waals surface area contributed by atoms with Gasteiger partial charge < -0.3 is 4.90 Å². The number of benzene rings is 8. The van der Waals surface area contributed by atoms with Crippen molar-refractivity contribution in [3.8, 4) is 55.9 Å². The molecule has 250 valence electrons. The zero-order chi connectivity index (χ0) is 35.4. The van der Waals surface area contributed by atoms with Crippen molar-refractivity contribution in [2.24, 2.45) is 0 Å². The molecular weight excluding hydrogens is 643 g/mol. The minimum Gasteiger partial charge on any atom is -0.311 e. The van der Waals surface area contributed by atoms with Crippen molar-refractivity contribution < 1.29 is 0 Å². The molecule has 3 nitrogen and oxygen atoms in total. The maximum atomic E-state index is 5.58. The first-order valence-electron chi connectivity index (χ1n) is 17.9. The molecule has 8 aromatic carbocycles. The Morgan fingerprint density at radius 3 is 1.17 bits per heavy atom. The predicted molar refractivity (Wildman–Crippen MR) is 221 cm³/mol. The van der Waals surface area contributed by atoms with Crippen LogP contribution in [0.1, 0.15) is 0 Å². The van der Waals surface area contributed by atoms with Gasteiger partial charge in [-0.15, -0.1) is 0 Å². The van der Waals surface area contributed by atoms with E-state index in [0.717, 1.165) is 78.4 Å². The van der Waals surface area contributed by atoms with Crippen molar-refractivity contribution in [3.63, 3.8) is 0 Å². The van der Waals surface area contributed by atoms with E-state index in [1.54, 1.807) is 0 Å². The smallest absolute Gasteiger partial charge is 0.0979 e. The first kappa shape index (κ1) is 31.9. The third-order valence-corrected chi connectivity index (χ3v) is 9.66. The Balaban J connectivity index is 1.25. The van der Waals surface area contributed by atoms with Gasteiger partial charge in [0.1, 0.15) is 0 Å². The topological polar surface area (TPSA) is 29.0 Å². The Morgan fingerprint density at radius 1 is 0.264 bits per heavy atom. The van der Waals surface area contributed by atoms with Crippen molar-refractivity contribution in [2.45, 2.75) is 0 Å². The molecule has 0 bridgehead atoms. The van der Waals surface area contributed by atoms with Crippen LogP contribution in [0.3, 0.4) is 0 Å². The minimum atomic E-state index is 0.841. The Bertz CT molecular complexity index is 2580. The van der Waals surface area contributed by atoms with Gasteiger partial charge in [-0.2, -0.15) is 0 Å². The number of anilines is 3. The third kappa shape index (κ3) is 6.37. The average Bonchev–Trinajstić information content (AvgIpc) is 3.25. The molecule has 0 N–H and O–H groups in total. The highest BCUT2D eigenvalue weighted by molar-refractivity contribution is 6.03. The molecule has 0 radical (unpaired) electrons. The standard InChI is InChI=1S/C50H35N3/c1-6-17-36(18-7-1)40-23-16-24-41(35-40)46-34-33-45(37-19-8-2-9-20-37)49-50(46)51-47(38-21-10-3-11-22-38)48(52-49)39-29-31-44(32-30-39)53(42-25-12-4-13-26-42)43-27-14-5-15-28-43/h1-35H. The monoisotopic (exact) mass is 677 g/mol. The van der Waals surface area contributed by atoms with E-state index in [2.05, 4.69) is 199 Å². The van der Waals surface area contributed by atoms with Crippen LogP contribution >= 0.6 is 0 Å². The second kappa shape index (κ2) is 14.3. The van der Waals surface area contributed by atoms with Crippen LogP contribution in [-0.2, 0) is 0 Å². The van der Waals surface area contributed by atoms with E-state index in [1.165, 1.54) is 5.56 Å². The normalized spacial score (nSPS) is 11.0.